The van der Waals surface area contributed by atoms with Crippen LogP contribution in [-0.4, -0.2) is 24.7 Å². The highest BCUT2D eigenvalue weighted by atomic mass is 32.2. The van der Waals surface area contributed by atoms with Crippen molar-refractivity contribution >= 4 is 21.9 Å². The summed E-state index contributed by atoms with van der Waals surface area (Å²) < 4.78 is 39.9. The summed E-state index contributed by atoms with van der Waals surface area (Å²) in [4.78, 5) is 11.6. The zero-order valence-electron chi connectivity index (χ0n) is 16.1. The number of hydrogen-bond donors (Lipinski definition) is 1. The van der Waals surface area contributed by atoms with Crippen LogP contribution in [0.3, 0.4) is 0 Å². The third-order valence-corrected chi connectivity index (χ3v) is 4.87. The molecule has 2 rings (SSSR count). The minimum Gasteiger partial charge on any atom is -0.744 e. The van der Waals surface area contributed by atoms with Crippen LogP contribution in [-0.2, 0) is 14.9 Å². The standard InChI is InChI=1S/C20H25NO5S/c1-13-6-11-18(27(23,24)25)17(12-13)14(2)15-7-9-16(10-8-15)21-19(22)26-20(3,4)5/h6-12,14H,1-5H3,(H,21,22)(H,23,24,25)/p-1. The molecule has 0 saturated carbocycles. The van der Waals surface area contributed by atoms with Crippen molar-refractivity contribution in [3.8, 4) is 0 Å². The molecule has 1 amide bonds. The Balaban J connectivity index is 2.25. The molecule has 1 unspecified atom stereocenters. The maximum Gasteiger partial charge on any atom is 0.412 e. The molecule has 2 aromatic rings. The third kappa shape index (κ3) is 5.80. The van der Waals surface area contributed by atoms with Crippen LogP contribution in [0.15, 0.2) is 47.4 Å². The van der Waals surface area contributed by atoms with E-state index in [4.69, 9.17) is 4.74 Å². The van der Waals surface area contributed by atoms with Gasteiger partial charge in [-0.2, -0.15) is 0 Å². The number of anilines is 1. The average molecular weight is 390 g/mol. The van der Waals surface area contributed by atoms with Crippen LogP contribution in [0.5, 0.6) is 0 Å². The Hall–Kier alpha value is -2.38. The Labute approximate surface area is 160 Å². The van der Waals surface area contributed by atoms with Crippen LogP contribution in [0.4, 0.5) is 10.5 Å². The molecular formula is C20H24NO5S-. The predicted octanol–water partition coefficient (Wildman–Crippen LogP) is 4.40. The molecule has 0 aliphatic heterocycles. The maximum atomic E-state index is 11.8. The molecule has 0 radical (unpaired) electrons. The number of aryl methyl sites for hydroxylation is 1. The van der Waals surface area contributed by atoms with Gasteiger partial charge in [-0.25, -0.2) is 13.2 Å². The van der Waals surface area contributed by atoms with Crippen molar-refractivity contribution in [3.05, 3.63) is 59.2 Å². The van der Waals surface area contributed by atoms with Crippen LogP contribution in [0.1, 0.15) is 50.3 Å². The molecule has 2 aromatic carbocycles. The van der Waals surface area contributed by atoms with Crippen molar-refractivity contribution in [1.82, 2.24) is 0 Å². The Morgan fingerprint density at radius 3 is 2.22 bits per heavy atom. The number of hydrogen-bond acceptors (Lipinski definition) is 5. The topological polar surface area (TPSA) is 95.5 Å². The zero-order valence-corrected chi connectivity index (χ0v) is 16.9. The van der Waals surface area contributed by atoms with Gasteiger partial charge >= 0.3 is 6.09 Å². The van der Waals surface area contributed by atoms with E-state index >= 15 is 0 Å². The minimum absolute atomic E-state index is 0.212. The number of benzene rings is 2. The van der Waals surface area contributed by atoms with Crippen LogP contribution >= 0.6 is 0 Å². The quantitative estimate of drug-likeness (QED) is 0.781. The summed E-state index contributed by atoms with van der Waals surface area (Å²) in [5, 5.41) is 2.64. The van der Waals surface area contributed by atoms with Crippen LogP contribution < -0.4 is 5.32 Å². The first-order valence-electron chi connectivity index (χ1n) is 8.53. The molecule has 0 bridgehead atoms. The fourth-order valence-electron chi connectivity index (χ4n) is 2.69. The van der Waals surface area contributed by atoms with E-state index in [-0.39, 0.29) is 10.8 Å². The molecule has 0 fully saturated rings. The lowest BCUT2D eigenvalue weighted by molar-refractivity contribution is 0.0636. The molecule has 0 aliphatic carbocycles. The van der Waals surface area contributed by atoms with Crippen molar-refractivity contribution in [1.29, 1.82) is 0 Å². The van der Waals surface area contributed by atoms with Crippen molar-refractivity contribution in [2.24, 2.45) is 0 Å². The Morgan fingerprint density at radius 2 is 1.70 bits per heavy atom. The van der Waals surface area contributed by atoms with E-state index in [0.29, 0.717) is 11.3 Å². The summed E-state index contributed by atoms with van der Waals surface area (Å²) >= 11 is 0. The summed E-state index contributed by atoms with van der Waals surface area (Å²) in [7, 11) is -4.57. The first-order valence-corrected chi connectivity index (χ1v) is 9.94. The molecule has 146 valence electrons. The van der Waals surface area contributed by atoms with E-state index < -0.39 is 21.8 Å². The van der Waals surface area contributed by atoms with E-state index in [1.54, 1.807) is 57.2 Å². The Bertz CT molecular complexity index is 928. The van der Waals surface area contributed by atoms with E-state index in [1.807, 2.05) is 13.8 Å². The Kier molecular flexibility index (Phi) is 5.97. The second kappa shape index (κ2) is 7.70. The normalized spacial score (nSPS) is 13.1. The highest BCUT2D eigenvalue weighted by Gasteiger charge is 2.18. The van der Waals surface area contributed by atoms with Crippen LogP contribution in [0.25, 0.3) is 0 Å². The summed E-state index contributed by atoms with van der Waals surface area (Å²) in [6, 6.07) is 11.6. The number of nitrogens with one attached hydrogen (secondary N) is 1. The molecule has 0 aliphatic rings. The van der Waals surface area contributed by atoms with Gasteiger partial charge < -0.3 is 9.29 Å². The molecule has 6 nitrogen and oxygen atoms in total. The van der Waals surface area contributed by atoms with Crippen LogP contribution in [0, 0.1) is 6.92 Å². The molecule has 1 atom stereocenters. The van der Waals surface area contributed by atoms with Crippen molar-refractivity contribution in [2.45, 2.75) is 51.0 Å². The SMILES string of the molecule is Cc1ccc(S(=O)(=O)[O-])c(C(C)c2ccc(NC(=O)OC(C)(C)C)cc2)c1. The molecule has 0 spiro atoms. The zero-order chi connectivity index (χ0) is 20.4. The number of rotatable bonds is 4. The smallest absolute Gasteiger partial charge is 0.412 e. The lowest BCUT2D eigenvalue weighted by atomic mass is 9.92. The molecule has 7 heteroatoms. The number of amides is 1. The molecular weight excluding hydrogens is 366 g/mol. The van der Waals surface area contributed by atoms with Gasteiger partial charge in [0.1, 0.15) is 15.7 Å². The van der Waals surface area contributed by atoms with Crippen molar-refractivity contribution in [3.63, 3.8) is 0 Å². The van der Waals surface area contributed by atoms with Crippen molar-refractivity contribution < 1.29 is 22.5 Å². The summed E-state index contributed by atoms with van der Waals surface area (Å²) in [5.74, 6) is -0.306. The average Bonchev–Trinajstić information content (AvgIpc) is 2.51. The fourth-order valence-corrected chi connectivity index (χ4v) is 3.45. The lowest BCUT2D eigenvalue weighted by Gasteiger charge is -2.21. The van der Waals surface area contributed by atoms with E-state index in [0.717, 1.165) is 11.1 Å². The lowest BCUT2D eigenvalue weighted by Crippen LogP contribution is -2.27. The number of carbonyl (C=O) groups excluding carboxylic acids is 1. The summed E-state index contributed by atoms with van der Waals surface area (Å²) in [6.45, 7) is 9.01. The van der Waals surface area contributed by atoms with E-state index in [1.165, 1.54) is 6.07 Å². The van der Waals surface area contributed by atoms with Crippen molar-refractivity contribution in [2.75, 3.05) is 5.32 Å². The third-order valence-electron chi connectivity index (χ3n) is 3.96. The fraction of sp³-hybridized carbons (Fsp3) is 0.350. The maximum absolute atomic E-state index is 11.8. The molecule has 1 N–H and O–H groups in total. The molecule has 0 heterocycles. The predicted molar refractivity (Wildman–Crippen MR) is 103 cm³/mol. The van der Waals surface area contributed by atoms with Gasteiger partial charge in [-0.3, -0.25) is 5.32 Å². The monoisotopic (exact) mass is 390 g/mol. The van der Waals surface area contributed by atoms with E-state index in [9.17, 15) is 17.8 Å². The largest absolute Gasteiger partial charge is 0.744 e. The van der Waals surface area contributed by atoms with Gasteiger partial charge in [0.2, 0.25) is 0 Å². The minimum atomic E-state index is -4.57. The highest BCUT2D eigenvalue weighted by Crippen LogP contribution is 2.31. The second-order valence-electron chi connectivity index (χ2n) is 7.47. The number of carbonyl (C=O) groups is 1. The second-order valence-corrected chi connectivity index (χ2v) is 8.81. The molecule has 0 aromatic heterocycles. The van der Waals surface area contributed by atoms with Gasteiger partial charge in [0.05, 0.1) is 4.90 Å². The van der Waals surface area contributed by atoms with Gasteiger partial charge in [-0.1, -0.05) is 36.8 Å². The summed E-state index contributed by atoms with van der Waals surface area (Å²) in [6.07, 6.45) is -0.554. The van der Waals surface area contributed by atoms with E-state index in [2.05, 4.69) is 5.32 Å². The number of ether oxygens (including phenoxy) is 1. The first kappa shape index (κ1) is 20.9. The molecule has 0 saturated heterocycles. The summed E-state index contributed by atoms with van der Waals surface area (Å²) in [5.41, 5.74) is 2.11. The van der Waals surface area contributed by atoms with Gasteiger partial charge in [-0.05, 0) is 57.0 Å². The van der Waals surface area contributed by atoms with Gasteiger partial charge in [-0.15, -0.1) is 0 Å². The van der Waals surface area contributed by atoms with Crippen LogP contribution in [0.2, 0.25) is 0 Å². The van der Waals surface area contributed by atoms with Gasteiger partial charge in [0.15, 0.2) is 0 Å². The molecule has 27 heavy (non-hydrogen) atoms. The first-order chi connectivity index (χ1) is 12.4. The van der Waals surface area contributed by atoms with Gasteiger partial charge in [0, 0.05) is 11.6 Å². The Morgan fingerprint density at radius 1 is 1.11 bits per heavy atom. The van der Waals surface area contributed by atoms with Gasteiger partial charge in [0.25, 0.3) is 0 Å². The highest BCUT2D eigenvalue weighted by molar-refractivity contribution is 7.85.